The fraction of sp³-hybridized carbons (Fsp3) is 0.947. The van der Waals surface area contributed by atoms with Gasteiger partial charge in [-0.3, -0.25) is 4.79 Å². The van der Waals surface area contributed by atoms with Crippen LogP contribution in [0.15, 0.2) is 0 Å². The third kappa shape index (κ3) is 1.84. The van der Waals surface area contributed by atoms with Crippen molar-refractivity contribution in [3.05, 3.63) is 0 Å². The van der Waals surface area contributed by atoms with Gasteiger partial charge in [0.25, 0.3) is 0 Å². The van der Waals surface area contributed by atoms with Crippen molar-refractivity contribution in [2.45, 2.75) is 77.4 Å². The van der Waals surface area contributed by atoms with Gasteiger partial charge in [0.2, 0.25) is 0 Å². The molecule has 4 saturated carbocycles. The maximum absolute atomic E-state index is 12.4. The Morgan fingerprint density at radius 1 is 1.00 bits per heavy atom. The molecule has 4 rings (SSSR count). The number of aliphatic hydroxyl groups is 2. The van der Waals surface area contributed by atoms with Gasteiger partial charge in [-0.1, -0.05) is 13.8 Å². The summed E-state index contributed by atoms with van der Waals surface area (Å²) in [5, 5.41) is 20.9. The molecule has 1 unspecified atom stereocenters. The standard InChI is InChI=1S/C19H30O3/c1-18-7-5-12(20)9-11(18)10-15(21)17-13-3-4-16(22)19(13,2)8-6-14(17)18/h11-15,17,20-21H,3-10H2,1-2H3/t11?,12-,13-,14-,15+,17-,18-,19-/m0/s1. The molecule has 0 aromatic carbocycles. The summed E-state index contributed by atoms with van der Waals surface area (Å²) in [5.74, 6) is 2.13. The van der Waals surface area contributed by atoms with E-state index in [-0.39, 0.29) is 23.0 Å². The summed E-state index contributed by atoms with van der Waals surface area (Å²) >= 11 is 0. The van der Waals surface area contributed by atoms with Crippen LogP contribution in [0.4, 0.5) is 0 Å². The molecule has 0 radical (unpaired) electrons. The summed E-state index contributed by atoms with van der Waals surface area (Å²) in [6, 6.07) is 0. The van der Waals surface area contributed by atoms with Crippen molar-refractivity contribution in [3.63, 3.8) is 0 Å². The number of Topliss-reactive ketones (excluding diaryl/α,β-unsaturated/α-hetero) is 1. The molecule has 3 nitrogen and oxygen atoms in total. The lowest BCUT2D eigenvalue weighted by Crippen LogP contribution is -2.58. The molecule has 124 valence electrons. The van der Waals surface area contributed by atoms with Crippen LogP contribution in [0.2, 0.25) is 0 Å². The molecule has 0 aliphatic heterocycles. The lowest BCUT2D eigenvalue weighted by atomic mass is 9.44. The molecule has 8 atom stereocenters. The van der Waals surface area contributed by atoms with Gasteiger partial charge in [-0.15, -0.1) is 0 Å². The molecule has 4 aliphatic rings. The molecule has 0 aromatic heterocycles. The summed E-state index contributed by atoms with van der Waals surface area (Å²) in [7, 11) is 0. The van der Waals surface area contributed by atoms with Gasteiger partial charge in [0.1, 0.15) is 5.78 Å². The molecule has 0 saturated heterocycles. The molecular weight excluding hydrogens is 276 g/mol. The lowest BCUT2D eigenvalue weighted by Gasteiger charge is -2.61. The van der Waals surface area contributed by atoms with Gasteiger partial charge in [-0.25, -0.2) is 0 Å². The van der Waals surface area contributed by atoms with Gasteiger partial charge in [0, 0.05) is 11.8 Å². The first-order valence-electron chi connectivity index (χ1n) is 9.25. The smallest absolute Gasteiger partial charge is 0.139 e. The quantitative estimate of drug-likeness (QED) is 0.723. The summed E-state index contributed by atoms with van der Waals surface area (Å²) in [4.78, 5) is 12.4. The Bertz CT molecular complexity index is 489. The SMILES string of the molecule is C[C@]12CC[C@H](O)CC1C[C@@H](O)[C@@H]1[C@@H]2CC[C@]2(C)C(=O)CC[C@@H]12. The Hall–Kier alpha value is -0.410. The zero-order chi connectivity index (χ0) is 15.7. The Labute approximate surface area is 133 Å². The van der Waals surface area contributed by atoms with E-state index in [1.807, 2.05) is 0 Å². The maximum atomic E-state index is 12.4. The van der Waals surface area contributed by atoms with E-state index in [1.165, 1.54) is 0 Å². The average Bonchev–Trinajstić information content (AvgIpc) is 2.77. The average molecular weight is 306 g/mol. The second kappa shape index (κ2) is 4.80. The van der Waals surface area contributed by atoms with Crippen molar-refractivity contribution >= 4 is 5.78 Å². The molecule has 0 aromatic rings. The van der Waals surface area contributed by atoms with Crippen LogP contribution in [0, 0.1) is 34.5 Å². The van der Waals surface area contributed by atoms with Crippen LogP contribution >= 0.6 is 0 Å². The fourth-order valence-corrected chi connectivity index (χ4v) is 6.97. The normalized spacial score (nSPS) is 57.9. The number of carbonyl (C=O) groups excluding carboxylic acids is 1. The minimum absolute atomic E-state index is 0.167. The van der Waals surface area contributed by atoms with Gasteiger partial charge in [-0.2, -0.15) is 0 Å². The number of fused-ring (bicyclic) bond motifs is 5. The lowest BCUT2D eigenvalue weighted by molar-refractivity contribution is -0.171. The van der Waals surface area contributed by atoms with E-state index in [9.17, 15) is 15.0 Å². The zero-order valence-electron chi connectivity index (χ0n) is 13.9. The van der Waals surface area contributed by atoms with Gasteiger partial charge in [0.15, 0.2) is 0 Å². The zero-order valence-corrected chi connectivity index (χ0v) is 13.9. The number of hydrogen-bond acceptors (Lipinski definition) is 3. The first-order valence-corrected chi connectivity index (χ1v) is 9.25. The van der Waals surface area contributed by atoms with Crippen LogP contribution in [0.5, 0.6) is 0 Å². The van der Waals surface area contributed by atoms with Crippen LogP contribution in [-0.2, 0) is 4.79 Å². The highest BCUT2D eigenvalue weighted by atomic mass is 16.3. The molecule has 0 amide bonds. The van der Waals surface area contributed by atoms with Crippen molar-refractivity contribution in [1.29, 1.82) is 0 Å². The van der Waals surface area contributed by atoms with Crippen LogP contribution in [-0.4, -0.2) is 28.2 Å². The number of carbonyl (C=O) groups is 1. The number of hydrogen-bond donors (Lipinski definition) is 2. The molecule has 2 N–H and O–H groups in total. The van der Waals surface area contributed by atoms with Gasteiger partial charge in [0.05, 0.1) is 12.2 Å². The van der Waals surface area contributed by atoms with Crippen molar-refractivity contribution < 1.29 is 15.0 Å². The van der Waals surface area contributed by atoms with E-state index >= 15 is 0 Å². The van der Waals surface area contributed by atoms with Crippen LogP contribution in [0.3, 0.4) is 0 Å². The predicted molar refractivity (Wildman–Crippen MR) is 84.1 cm³/mol. The third-order valence-corrected chi connectivity index (χ3v) is 8.36. The molecular formula is C19H30O3. The van der Waals surface area contributed by atoms with Crippen molar-refractivity contribution in [2.75, 3.05) is 0 Å². The molecule has 0 bridgehead atoms. The number of ketones is 1. The molecule has 4 fully saturated rings. The van der Waals surface area contributed by atoms with E-state index in [2.05, 4.69) is 13.8 Å². The highest BCUT2D eigenvalue weighted by Gasteiger charge is 2.62. The molecule has 0 spiro atoms. The van der Waals surface area contributed by atoms with E-state index in [0.717, 1.165) is 51.4 Å². The topological polar surface area (TPSA) is 57.5 Å². The Balaban J connectivity index is 1.69. The van der Waals surface area contributed by atoms with E-state index < -0.39 is 0 Å². The van der Waals surface area contributed by atoms with E-state index in [0.29, 0.717) is 29.5 Å². The Kier molecular flexibility index (Phi) is 3.30. The second-order valence-electron chi connectivity index (χ2n) is 9.14. The summed E-state index contributed by atoms with van der Waals surface area (Å²) in [6.45, 7) is 4.57. The maximum Gasteiger partial charge on any atom is 0.139 e. The van der Waals surface area contributed by atoms with Crippen LogP contribution in [0.25, 0.3) is 0 Å². The minimum atomic E-state index is -0.274. The summed E-state index contributed by atoms with van der Waals surface area (Å²) in [6.07, 6.45) is 7.03. The minimum Gasteiger partial charge on any atom is -0.393 e. The van der Waals surface area contributed by atoms with Crippen molar-refractivity contribution in [1.82, 2.24) is 0 Å². The summed E-state index contributed by atoms with van der Waals surface area (Å²) < 4.78 is 0. The first kappa shape index (κ1) is 15.1. The largest absolute Gasteiger partial charge is 0.393 e. The van der Waals surface area contributed by atoms with Gasteiger partial charge in [-0.05, 0) is 74.0 Å². The number of aliphatic hydroxyl groups excluding tert-OH is 2. The van der Waals surface area contributed by atoms with Crippen LogP contribution < -0.4 is 0 Å². The molecule has 3 heteroatoms. The van der Waals surface area contributed by atoms with Gasteiger partial charge < -0.3 is 10.2 Å². The predicted octanol–water partition coefficient (Wildman–Crippen LogP) is 2.93. The van der Waals surface area contributed by atoms with Crippen LogP contribution in [0.1, 0.15) is 65.2 Å². The molecule has 4 aliphatic carbocycles. The Morgan fingerprint density at radius 2 is 1.77 bits per heavy atom. The monoisotopic (exact) mass is 306 g/mol. The fourth-order valence-electron chi connectivity index (χ4n) is 6.97. The highest BCUT2D eigenvalue weighted by Crippen LogP contribution is 2.65. The molecule has 0 heterocycles. The second-order valence-corrected chi connectivity index (χ2v) is 9.14. The van der Waals surface area contributed by atoms with Crippen molar-refractivity contribution in [3.8, 4) is 0 Å². The van der Waals surface area contributed by atoms with Crippen molar-refractivity contribution in [2.24, 2.45) is 34.5 Å². The van der Waals surface area contributed by atoms with E-state index in [1.54, 1.807) is 0 Å². The van der Waals surface area contributed by atoms with E-state index in [4.69, 9.17) is 0 Å². The number of rotatable bonds is 0. The summed E-state index contributed by atoms with van der Waals surface area (Å²) in [5.41, 5.74) is 0.0929. The first-order chi connectivity index (χ1) is 10.4. The molecule has 22 heavy (non-hydrogen) atoms. The third-order valence-electron chi connectivity index (χ3n) is 8.36. The highest BCUT2D eigenvalue weighted by molar-refractivity contribution is 5.87. The van der Waals surface area contributed by atoms with Gasteiger partial charge >= 0.3 is 0 Å². The Morgan fingerprint density at radius 3 is 2.55 bits per heavy atom.